The lowest BCUT2D eigenvalue weighted by Gasteiger charge is -2.02. The Hall–Kier alpha value is -1.60. The quantitative estimate of drug-likeness (QED) is 0.836. The minimum Gasteiger partial charge on any atom is -0.392 e. The van der Waals surface area contributed by atoms with Crippen LogP contribution in [0.2, 0.25) is 0 Å². The predicted octanol–water partition coefficient (Wildman–Crippen LogP) is 3.51. The standard InChI is InChI=1S/C16H18O/c1-2-13-6-9-16(10-7-13)15-5-3-4-14(12-17)8-11-15/h3,5-11,17H,2,4,12H2,1H3. The molecule has 1 aliphatic rings. The van der Waals surface area contributed by atoms with Crippen LogP contribution >= 0.6 is 0 Å². The molecule has 0 spiro atoms. The third-order valence-electron chi connectivity index (χ3n) is 3.07. The maximum Gasteiger partial charge on any atom is 0.0647 e. The highest BCUT2D eigenvalue weighted by Gasteiger charge is 2.01. The van der Waals surface area contributed by atoms with Crippen molar-refractivity contribution in [2.24, 2.45) is 0 Å². The summed E-state index contributed by atoms with van der Waals surface area (Å²) in [5.41, 5.74) is 4.85. The van der Waals surface area contributed by atoms with Crippen LogP contribution in [-0.2, 0) is 6.42 Å². The lowest BCUT2D eigenvalue weighted by atomic mass is 10.0. The van der Waals surface area contributed by atoms with Crippen LogP contribution in [0.3, 0.4) is 0 Å². The van der Waals surface area contributed by atoms with Gasteiger partial charge in [-0.25, -0.2) is 0 Å². The van der Waals surface area contributed by atoms with Crippen LogP contribution in [0.15, 0.2) is 54.1 Å². The molecule has 1 aromatic carbocycles. The number of benzene rings is 1. The number of hydrogen-bond donors (Lipinski definition) is 1. The molecular formula is C16H18O. The average molecular weight is 226 g/mol. The van der Waals surface area contributed by atoms with Crippen molar-refractivity contribution in [1.29, 1.82) is 0 Å². The van der Waals surface area contributed by atoms with Crippen LogP contribution < -0.4 is 0 Å². The summed E-state index contributed by atoms with van der Waals surface area (Å²) >= 11 is 0. The third-order valence-corrected chi connectivity index (χ3v) is 3.07. The molecular weight excluding hydrogens is 208 g/mol. The molecule has 1 aromatic rings. The highest BCUT2D eigenvalue weighted by Crippen LogP contribution is 2.21. The molecule has 0 fully saturated rings. The summed E-state index contributed by atoms with van der Waals surface area (Å²) in [6, 6.07) is 8.66. The van der Waals surface area contributed by atoms with E-state index >= 15 is 0 Å². The van der Waals surface area contributed by atoms with Gasteiger partial charge >= 0.3 is 0 Å². The minimum absolute atomic E-state index is 0.142. The fraction of sp³-hybridized carbons (Fsp3) is 0.250. The molecule has 1 heteroatoms. The van der Waals surface area contributed by atoms with E-state index in [1.807, 2.05) is 6.08 Å². The van der Waals surface area contributed by atoms with Crippen molar-refractivity contribution in [3.8, 4) is 0 Å². The van der Waals surface area contributed by atoms with Gasteiger partial charge < -0.3 is 5.11 Å². The molecule has 88 valence electrons. The summed E-state index contributed by atoms with van der Waals surface area (Å²) in [5.74, 6) is 0. The van der Waals surface area contributed by atoms with E-state index < -0.39 is 0 Å². The number of allylic oxidation sites excluding steroid dienone is 5. The number of rotatable bonds is 3. The van der Waals surface area contributed by atoms with E-state index in [0.717, 1.165) is 18.4 Å². The van der Waals surface area contributed by atoms with Crippen LogP contribution in [-0.4, -0.2) is 11.7 Å². The van der Waals surface area contributed by atoms with E-state index in [1.165, 1.54) is 16.7 Å². The van der Waals surface area contributed by atoms with E-state index in [-0.39, 0.29) is 6.61 Å². The van der Waals surface area contributed by atoms with E-state index in [0.29, 0.717) is 0 Å². The molecule has 0 saturated heterocycles. The first kappa shape index (κ1) is 11.9. The van der Waals surface area contributed by atoms with Gasteiger partial charge in [-0.2, -0.15) is 0 Å². The monoisotopic (exact) mass is 226 g/mol. The second-order valence-electron chi connectivity index (χ2n) is 4.26. The lowest BCUT2D eigenvalue weighted by molar-refractivity contribution is 0.329. The Balaban J connectivity index is 2.27. The molecule has 0 unspecified atom stereocenters. The van der Waals surface area contributed by atoms with Gasteiger partial charge in [0.2, 0.25) is 0 Å². The molecule has 0 amide bonds. The highest BCUT2D eigenvalue weighted by molar-refractivity contribution is 5.76. The van der Waals surface area contributed by atoms with E-state index in [2.05, 4.69) is 49.4 Å². The second kappa shape index (κ2) is 5.65. The SMILES string of the molecule is CCc1ccc(C2=CC=C(CO)CC=C2)cc1. The number of aliphatic hydroxyl groups is 1. The second-order valence-corrected chi connectivity index (χ2v) is 4.26. The fourth-order valence-electron chi connectivity index (χ4n) is 1.91. The van der Waals surface area contributed by atoms with E-state index in [9.17, 15) is 0 Å². The van der Waals surface area contributed by atoms with Crippen LogP contribution in [0.4, 0.5) is 0 Å². The molecule has 0 radical (unpaired) electrons. The molecule has 1 N–H and O–H groups in total. The number of aliphatic hydroxyl groups excluding tert-OH is 1. The van der Waals surface area contributed by atoms with Crippen molar-refractivity contribution in [3.63, 3.8) is 0 Å². The molecule has 0 heterocycles. The van der Waals surface area contributed by atoms with Crippen molar-refractivity contribution in [2.75, 3.05) is 6.61 Å². The van der Waals surface area contributed by atoms with Crippen LogP contribution in [0.25, 0.3) is 5.57 Å². The molecule has 0 saturated carbocycles. The van der Waals surface area contributed by atoms with Crippen molar-refractivity contribution >= 4 is 5.57 Å². The number of aryl methyl sites for hydroxylation is 1. The Morgan fingerprint density at radius 2 is 1.88 bits per heavy atom. The lowest BCUT2D eigenvalue weighted by Crippen LogP contribution is -1.86. The summed E-state index contributed by atoms with van der Waals surface area (Å²) in [4.78, 5) is 0. The van der Waals surface area contributed by atoms with Gasteiger partial charge in [0.05, 0.1) is 6.61 Å². The Labute approximate surface area is 103 Å². The first-order valence-electron chi connectivity index (χ1n) is 6.10. The zero-order valence-corrected chi connectivity index (χ0v) is 10.2. The first-order valence-corrected chi connectivity index (χ1v) is 6.10. The van der Waals surface area contributed by atoms with Gasteiger partial charge in [-0.1, -0.05) is 55.5 Å². The van der Waals surface area contributed by atoms with Crippen LogP contribution in [0.5, 0.6) is 0 Å². The molecule has 0 aliphatic heterocycles. The molecule has 2 rings (SSSR count). The average Bonchev–Trinajstić information content (AvgIpc) is 2.64. The van der Waals surface area contributed by atoms with Gasteiger partial charge in [-0.3, -0.25) is 0 Å². The minimum atomic E-state index is 0.142. The maximum absolute atomic E-state index is 9.11. The van der Waals surface area contributed by atoms with Gasteiger partial charge in [0.25, 0.3) is 0 Å². The molecule has 1 nitrogen and oxygen atoms in total. The van der Waals surface area contributed by atoms with Gasteiger partial charge in [0.1, 0.15) is 0 Å². The zero-order valence-electron chi connectivity index (χ0n) is 10.2. The summed E-state index contributed by atoms with van der Waals surface area (Å²) in [7, 11) is 0. The third kappa shape index (κ3) is 2.95. The summed E-state index contributed by atoms with van der Waals surface area (Å²) < 4.78 is 0. The highest BCUT2D eigenvalue weighted by atomic mass is 16.3. The molecule has 1 aliphatic carbocycles. The Morgan fingerprint density at radius 3 is 2.53 bits per heavy atom. The normalized spacial score (nSPS) is 15.2. The van der Waals surface area contributed by atoms with Gasteiger partial charge in [-0.15, -0.1) is 0 Å². The largest absolute Gasteiger partial charge is 0.392 e. The Morgan fingerprint density at radius 1 is 1.12 bits per heavy atom. The Bertz CT molecular complexity index is 461. The van der Waals surface area contributed by atoms with Crippen LogP contribution in [0, 0.1) is 0 Å². The summed E-state index contributed by atoms with van der Waals surface area (Å²) in [6.07, 6.45) is 10.2. The Kier molecular flexibility index (Phi) is 3.94. The van der Waals surface area contributed by atoms with Crippen molar-refractivity contribution < 1.29 is 5.11 Å². The fourth-order valence-corrected chi connectivity index (χ4v) is 1.91. The predicted molar refractivity (Wildman–Crippen MR) is 72.7 cm³/mol. The topological polar surface area (TPSA) is 20.2 Å². The molecule has 0 atom stereocenters. The smallest absolute Gasteiger partial charge is 0.0647 e. The van der Waals surface area contributed by atoms with Crippen molar-refractivity contribution in [3.05, 3.63) is 65.3 Å². The van der Waals surface area contributed by atoms with Crippen LogP contribution in [0.1, 0.15) is 24.5 Å². The van der Waals surface area contributed by atoms with Crippen molar-refractivity contribution in [1.82, 2.24) is 0 Å². The number of hydrogen-bond acceptors (Lipinski definition) is 1. The molecule has 0 bridgehead atoms. The maximum atomic E-state index is 9.11. The molecule has 17 heavy (non-hydrogen) atoms. The van der Waals surface area contributed by atoms with Gasteiger partial charge in [0, 0.05) is 0 Å². The summed E-state index contributed by atoms with van der Waals surface area (Å²) in [5, 5.41) is 9.11. The summed E-state index contributed by atoms with van der Waals surface area (Å²) in [6.45, 7) is 2.30. The molecule has 0 aromatic heterocycles. The van der Waals surface area contributed by atoms with Gasteiger partial charge in [-0.05, 0) is 35.1 Å². The van der Waals surface area contributed by atoms with E-state index in [1.54, 1.807) is 0 Å². The van der Waals surface area contributed by atoms with Gasteiger partial charge in [0.15, 0.2) is 0 Å². The first-order chi connectivity index (χ1) is 8.33. The van der Waals surface area contributed by atoms with Crippen molar-refractivity contribution in [2.45, 2.75) is 19.8 Å². The zero-order chi connectivity index (χ0) is 12.1. The van der Waals surface area contributed by atoms with E-state index in [4.69, 9.17) is 5.11 Å².